The Morgan fingerprint density at radius 1 is 1.39 bits per heavy atom. The quantitative estimate of drug-likeness (QED) is 0.755. The molecule has 0 amide bonds. The minimum Gasteiger partial charge on any atom is -0.493 e. The lowest BCUT2D eigenvalue weighted by atomic mass is 10.2. The van der Waals surface area contributed by atoms with Gasteiger partial charge in [0.25, 0.3) is 5.56 Å². The summed E-state index contributed by atoms with van der Waals surface area (Å²) >= 11 is 0. The van der Waals surface area contributed by atoms with Gasteiger partial charge in [-0.05, 0) is 31.5 Å². The molecule has 0 saturated carbocycles. The van der Waals surface area contributed by atoms with Crippen molar-refractivity contribution in [3.8, 4) is 11.6 Å². The van der Waals surface area contributed by atoms with Gasteiger partial charge < -0.3 is 10.8 Å². The van der Waals surface area contributed by atoms with E-state index >= 15 is 0 Å². The van der Waals surface area contributed by atoms with Crippen LogP contribution in [-0.4, -0.2) is 21.4 Å². The van der Waals surface area contributed by atoms with Crippen molar-refractivity contribution in [1.29, 1.82) is 0 Å². The molecule has 1 aromatic carbocycles. The van der Waals surface area contributed by atoms with Crippen molar-refractivity contribution in [3.05, 3.63) is 46.0 Å². The van der Waals surface area contributed by atoms with Crippen LogP contribution in [0.4, 0.5) is 4.39 Å². The molecule has 2 aromatic rings. The van der Waals surface area contributed by atoms with Crippen LogP contribution < -0.4 is 11.3 Å². The van der Waals surface area contributed by atoms with Crippen LogP contribution >= 0.6 is 0 Å². The molecule has 0 aliphatic rings. The first-order valence-electron chi connectivity index (χ1n) is 5.63. The second-order valence-corrected chi connectivity index (χ2v) is 3.92. The Balaban J connectivity index is 2.48. The van der Waals surface area contributed by atoms with Gasteiger partial charge in [-0.2, -0.15) is 0 Å². The molecule has 0 bridgehead atoms. The molecule has 0 unspecified atom stereocenters. The highest BCUT2D eigenvalue weighted by atomic mass is 19.1. The predicted molar refractivity (Wildman–Crippen MR) is 65.4 cm³/mol. The van der Waals surface area contributed by atoms with Gasteiger partial charge in [-0.1, -0.05) is 12.1 Å². The maximum Gasteiger partial charge on any atom is 0.271 e. The van der Waals surface area contributed by atoms with Gasteiger partial charge >= 0.3 is 0 Å². The lowest BCUT2D eigenvalue weighted by Crippen LogP contribution is -2.09. The Morgan fingerprint density at radius 3 is 2.78 bits per heavy atom. The normalized spacial score (nSPS) is 10.8. The summed E-state index contributed by atoms with van der Waals surface area (Å²) in [7, 11) is 0. The van der Waals surface area contributed by atoms with Crippen LogP contribution in [0.3, 0.4) is 0 Å². The number of nitrogens with one attached hydrogen (secondary N) is 1. The highest BCUT2D eigenvalue weighted by molar-refractivity contribution is 5.38. The van der Waals surface area contributed by atoms with Crippen LogP contribution in [0, 0.1) is 5.82 Å². The minimum absolute atomic E-state index is 0.103. The Bertz CT molecular complexity index is 604. The molecular weight excluding hydrogens is 237 g/mol. The number of para-hydroxylation sites is 1. The van der Waals surface area contributed by atoms with Gasteiger partial charge in [0.05, 0.1) is 5.56 Å². The lowest BCUT2D eigenvalue weighted by molar-refractivity contribution is 0.424. The zero-order chi connectivity index (χ0) is 13.1. The van der Waals surface area contributed by atoms with E-state index in [-0.39, 0.29) is 17.1 Å². The summed E-state index contributed by atoms with van der Waals surface area (Å²) in [6.45, 7) is 0.420. The highest BCUT2D eigenvalue weighted by Gasteiger charge is 2.16. The average Bonchev–Trinajstić information content (AvgIpc) is 2.63. The van der Waals surface area contributed by atoms with E-state index < -0.39 is 11.4 Å². The first-order chi connectivity index (χ1) is 8.65. The fourth-order valence-corrected chi connectivity index (χ4v) is 1.77. The summed E-state index contributed by atoms with van der Waals surface area (Å²) in [5.74, 6) is -0.789. The molecular formula is C12H14FN3O2. The number of halogens is 1. The van der Waals surface area contributed by atoms with Crippen molar-refractivity contribution in [2.75, 3.05) is 6.54 Å². The number of benzene rings is 1. The number of aromatic nitrogens is 2. The Morgan fingerprint density at radius 2 is 2.11 bits per heavy atom. The highest BCUT2D eigenvalue weighted by Crippen LogP contribution is 2.21. The van der Waals surface area contributed by atoms with Gasteiger partial charge in [0.15, 0.2) is 0 Å². The number of hydrogen-bond acceptors (Lipinski definition) is 3. The van der Waals surface area contributed by atoms with Crippen molar-refractivity contribution < 1.29 is 9.50 Å². The van der Waals surface area contributed by atoms with Gasteiger partial charge in [-0.25, -0.2) is 9.07 Å². The number of nitrogens with two attached hydrogens (primary N) is 1. The van der Waals surface area contributed by atoms with E-state index in [0.29, 0.717) is 19.4 Å². The van der Waals surface area contributed by atoms with Crippen molar-refractivity contribution >= 4 is 0 Å². The molecule has 0 saturated heterocycles. The van der Waals surface area contributed by atoms with Gasteiger partial charge in [-0.3, -0.25) is 9.89 Å². The number of hydrogen-bond donors (Lipinski definition) is 3. The van der Waals surface area contributed by atoms with Crippen LogP contribution in [0.15, 0.2) is 29.1 Å². The summed E-state index contributed by atoms with van der Waals surface area (Å²) in [5, 5.41) is 12.3. The summed E-state index contributed by atoms with van der Waals surface area (Å²) in [6.07, 6.45) is 0.942. The predicted octanol–water partition coefficient (Wildman–Crippen LogP) is 0.902. The maximum absolute atomic E-state index is 13.6. The van der Waals surface area contributed by atoms with Crippen LogP contribution in [0.2, 0.25) is 0 Å². The first kappa shape index (κ1) is 12.4. The standard InChI is InChI=1S/C12H14FN3O2/c13-9-5-1-2-6-10(9)16-12(18)8(4-3-7-14)11(17)15-16/h1-2,5-6,18H,3-4,7,14H2,(H,15,17). The van der Waals surface area contributed by atoms with Crippen LogP contribution in [0.1, 0.15) is 12.0 Å². The molecule has 0 aliphatic heterocycles. The van der Waals surface area contributed by atoms with Crippen LogP contribution in [0.25, 0.3) is 5.69 Å². The first-order valence-corrected chi connectivity index (χ1v) is 5.63. The van der Waals surface area contributed by atoms with Crippen molar-refractivity contribution in [2.45, 2.75) is 12.8 Å². The molecule has 18 heavy (non-hydrogen) atoms. The molecule has 1 aromatic heterocycles. The van der Waals surface area contributed by atoms with Gasteiger partial charge in [0.1, 0.15) is 11.5 Å². The minimum atomic E-state index is -0.524. The van der Waals surface area contributed by atoms with E-state index in [4.69, 9.17) is 5.73 Å². The summed E-state index contributed by atoms with van der Waals surface area (Å²) < 4.78 is 14.6. The molecule has 0 atom stereocenters. The monoisotopic (exact) mass is 251 g/mol. The van der Waals surface area contributed by atoms with E-state index in [1.165, 1.54) is 18.2 Å². The van der Waals surface area contributed by atoms with Gasteiger partial charge in [-0.15, -0.1) is 0 Å². The largest absolute Gasteiger partial charge is 0.493 e. The fraction of sp³-hybridized carbons (Fsp3) is 0.250. The third-order valence-corrected chi connectivity index (χ3v) is 2.69. The van der Waals surface area contributed by atoms with Crippen molar-refractivity contribution in [1.82, 2.24) is 9.78 Å². The number of nitrogens with zero attached hydrogens (tertiary/aromatic N) is 1. The molecule has 2 rings (SSSR count). The number of H-pyrrole nitrogens is 1. The molecule has 0 radical (unpaired) electrons. The zero-order valence-electron chi connectivity index (χ0n) is 9.69. The molecule has 0 fully saturated rings. The molecule has 5 nitrogen and oxygen atoms in total. The van der Waals surface area contributed by atoms with E-state index in [9.17, 15) is 14.3 Å². The summed E-state index contributed by atoms with van der Waals surface area (Å²) in [4.78, 5) is 11.7. The van der Waals surface area contributed by atoms with E-state index in [1.807, 2.05) is 0 Å². The topological polar surface area (TPSA) is 84.0 Å². The molecule has 0 aliphatic carbocycles. The zero-order valence-corrected chi connectivity index (χ0v) is 9.69. The SMILES string of the molecule is NCCCc1c(O)n(-c2ccccc2F)[nH]c1=O. The second-order valence-electron chi connectivity index (χ2n) is 3.92. The third-order valence-electron chi connectivity index (χ3n) is 2.69. The Hall–Kier alpha value is -2.08. The van der Waals surface area contributed by atoms with Gasteiger partial charge in [0, 0.05) is 0 Å². The number of aromatic amines is 1. The fourth-order valence-electron chi connectivity index (χ4n) is 1.77. The summed E-state index contributed by atoms with van der Waals surface area (Å²) in [6, 6.07) is 5.88. The Labute approximate surface area is 103 Å². The number of aromatic hydroxyl groups is 1. The molecule has 6 heteroatoms. The van der Waals surface area contributed by atoms with E-state index in [2.05, 4.69) is 5.10 Å². The lowest BCUT2D eigenvalue weighted by Gasteiger charge is -2.05. The molecule has 1 heterocycles. The Kier molecular flexibility index (Phi) is 3.47. The summed E-state index contributed by atoms with van der Waals surface area (Å²) in [5.41, 5.74) is 5.26. The van der Waals surface area contributed by atoms with Crippen LogP contribution in [-0.2, 0) is 6.42 Å². The molecule has 4 N–H and O–H groups in total. The second kappa shape index (κ2) is 5.05. The van der Waals surface area contributed by atoms with Crippen molar-refractivity contribution in [2.24, 2.45) is 5.73 Å². The molecule has 96 valence electrons. The van der Waals surface area contributed by atoms with E-state index in [0.717, 1.165) is 4.68 Å². The van der Waals surface area contributed by atoms with Gasteiger partial charge in [0.2, 0.25) is 5.88 Å². The molecule has 0 spiro atoms. The van der Waals surface area contributed by atoms with Crippen molar-refractivity contribution in [3.63, 3.8) is 0 Å². The van der Waals surface area contributed by atoms with Crippen LogP contribution in [0.5, 0.6) is 5.88 Å². The van der Waals surface area contributed by atoms with E-state index in [1.54, 1.807) is 6.07 Å². The smallest absolute Gasteiger partial charge is 0.271 e. The third kappa shape index (κ3) is 2.14. The number of rotatable bonds is 4. The average molecular weight is 251 g/mol. The maximum atomic E-state index is 13.6.